The van der Waals surface area contributed by atoms with Crippen molar-refractivity contribution in [1.82, 2.24) is 15.6 Å². The van der Waals surface area contributed by atoms with Gasteiger partial charge in [-0.15, -0.1) is 0 Å². The van der Waals surface area contributed by atoms with Crippen molar-refractivity contribution in [2.75, 3.05) is 6.54 Å². The maximum atomic E-state index is 12.1. The van der Waals surface area contributed by atoms with Gasteiger partial charge in [-0.1, -0.05) is 30.7 Å². The number of carbonyl (C=O) groups is 1. The number of nitrogens with zero attached hydrogens (tertiary/aromatic N) is 1. The number of amides is 1. The Morgan fingerprint density at radius 1 is 1.30 bits per heavy atom. The molecular formula is C16H19N3O. The lowest BCUT2D eigenvalue weighted by Gasteiger charge is -2.22. The van der Waals surface area contributed by atoms with Gasteiger partial charge in [-0.3, -0.25) is 9.78 Å². The monoisotopic (exact) mass is 269 g/mol. The molecule has 1 atom stereocenters. The van der Waals surface area contributed by atoms with Crippen LogP contribution < -0.4 is 10.6 Å². The normalized spacial score (nSPS) is 18.9. The van der Waals surface area contributed by atoms with Crippen LogP contribution in [0.3, 0.4) is 0 Å². The summed E-state index contributed by atoms with van der Waals surface area (Å²) >= 11 is 0. The summed E-state index contributed by atoms with van der Waals surface area (Å²) in [6.45, 7) is 1.47. The highest BCUT2D eigenvalue weighted by Gasteiger charge is 2.20. The van der Waals surface area contributed by atoms with Crippen molar-refractivity contribution in [3.8, 4) is 0 Å². The van der Waals surface area contributed by atoms with Gasteiger partial charge in [0.1, 0.15) is 0 Å². The molecule has 0 saturated carbocycles. The minimum absolute atomic E-state index is 0.0355. The van der Waals surface area contributed by atoms with Gasteiger partial charge < -0.3 is 10.6 Å². The van der Waals surface area contributed by atoms with Gasteiger partial charge >= 0.3 is 0 Å². The molecule has 1 amide bonds. The Bertz CT molecular complexity index is 600. The molecule has 2 aromatic rings. The minimum atomic E-state index is -0.0355. The van der Waals surface area contributed by atoms with E-state index in [1.54, 1.807) is 6.20 Å². The number of para-hydroxylation sites is 1. The van der Waals surface area contributed by atoms with Gasteiger partial charge in [0.15, 0.2) is 0 Å². The molecular weight excluding hydrogens is 250 g/mol. The van der Waals surface area contributed by atoms with Gasteiger partial charge in [-0.25, -0.2) is 0 Å². The van der Waals surface area contributed by atoms with E-state index in [0.29, 0.717) is 6.54 Å². The Hall–Kier alpha value is -1.94. The third-order valence-electron chi connectivity index (χ3n) is 3.80. The second kappa shape index (κ2) is 6.01. The van der Waals surface area contributed by atoms with Gasteiger partial charge in [0, 0.05) is 18.1 Å². The molecule has 1 unspecified atom stereocenters. The Morgan fingerprint density at radius 2 is 2.20 bits per heavy atom. The number of carbonyl (C=O) groups excluding carboxylic acids is 1. The van der Waals surface area contributed by atoms with Crippen LogP contribution in [0.25, 0.3) is 10.9 Å². The zero-order chi connectivity index (χ0) is 13.8. The van der Waals surface area contributed by atoms with Crippen LogP contribution in [0.5, 0.6) is 0 Å². The number of aromatic nitrogens is 1. The topological polar surface area (TPSA) is 54.0 Å². The van der Waals surface area contributed by atoms with Crippen molar-refractivity contribution in [3.05, 3.63) is 42.1 Å². The van der Waals surface area contributed by atoms with Crippen LogP contribution >= 0.6 is 0 Å². The third-order valence-corrected chi connectivity index (χ3v) is 3.80. The first-order valence-electron chi connectivity index (χ1n) is 7.18. The fraction of sp³-hybridized carbons (Fsp3) is 0.375. The number of hydrogen-bond acceptors (Lipinski definition) is 3. The van der Waals surface area contributed by atoms with Crippen LogP contribution in [0.15, 0.2) is 36.5 Å². The molecule has 0 bridgehead atoms. The molecule has 0 spiro atoms. The molecule has 1 aromatic carbocycles. The maximum absolute atomic E-state index is 12.1. The van der Waals surface area contributed by atoms with Gasteiger partial charge in [-0.05, 0) is 31.0 Å². The number of piperidine rings is 1. The molecule has 0 aliphatic carbocycles. The first-order valence-corrected chi connectivity index (χ1v) is 7.18. The molecule has 0 radical (unpaired) electrons. The van der Waals surface area contributed by atoms with Crippen LogP contribution in [0.2, 0.25) is 0 Å². The largest absolute Gasteiger partial charge is 0.351 e. The van der Waals surface area contributed by atoms with E-state index in [1.807, 2.05) is 30.3 Å². The average molecular weight is 269 g/mol. The minimum Gasteiger partial charge on any atom is -0.351 e. The summed E-state index contributed by atoms with van der Waals surface area (Å²) in [5.41, 5.74) is 2.03. The Morgan fingerprint density at radius 3 is 3.05 bits per heavy atom. The highest BCUT2D eigenvalue weighted by Crippen LogP contribution is 2.15. The molecule has 2 heterocycles. The number of rotatable bonds is 3. The van der Waals surface area contributed by atoms with Crippen LogP contribution in [0, 0.1) is 0 Å². The summed E-state index contributed by atoms with van der Waals surface area (Å²) in [6, 6.07) is 9.99. The van der Waals surface area contributed by atoms with E-state index in [-0.39, 0.29) is 11.9 Å². The smallest absolute Gasteiger partial charge is 0.237 e. The van der Waals surface area contributed by atoms with E-state index in [0.717, 1.165) is 42.3 Å². The van der Waals surface area contributed by atoms with Crippen molar-refractivity contribution < 1.29 is 4.79 Å². The average Bonchev–Trinajstić information content (AvgIpc) is 2.53. The second-order valence-corrected chi connectivity index (χ2v) is 5.21. The second-order valence-electron chi connectivity index (χ2n) is 5.21. The van der Waals surface area contributed by atoms with E-state index >= 15 is 0 Å². The van der Waals surface area contributed by atoms with Crippen LogP contribution in [0.4, 0.5) is 0 Å². The molecule has 20 heavy (non-hydrogen) atoms. The highest BCUT2D eigenvalue weighted by molar-refractivity contribution is 5.84. The first kappa shape index (κ1) is 13.1. The van der Waals surface area contributed by atoms with Crippen LogP contribution in [-0.2, 0) is 11.3 Å². The fourth-order valence-electron chi connectivity index (χ4n) is 2.69. The van der Waals surface area contributed by atoms with Gasteiger partial charge in [0.05, 0.1) is 11.6 Å². The quantitative estimate of drug-likeness (QED) is 0.896. The maximum Gasteiger partial charge on any atom is 0.237 e. The van der Waals surface area contributed by atoms with Crippen LogP contribution in [0.1, 0.15) is 24.8 Å². The number of pyridine rings is 1. The van der Waals surface area contributed by atoms with Gasteiger partial charge in [0.25, 0.3) is 0 Å². The van der Waals surface area contributed by atoms with E-state index in [9.17, 15) is 4.79 Å². The van der Waals surface area contributed by atoms with Gasteiger partial charge in [0.2, 0.25) is 5.91 Å². The lowest BCUT2D eigenvalue weighted by Crippen LogP contribution is -2.46. The van der Waals surface area contributed by atoms with Crippen molar-refractivity contribution in [3.63, 3.8) is 0 Å². The van der Waals surface area contributed by atoms with E-state index in [2.05, 4.69) is 15.6 Å². The zero-order valence-corrected chi connectivity index (χ0v) is 11.4. The molecule has 1 aromatic heterocycles. The van der Waals surface area contributed by atoms with E-state index in [4.69, 9.17) is 0 Å². The van der Waals surface area contributed by atoms with Crippen molar-refractivity contribution in [1.29, 1.82) is 0 Å². The van der Waals surface area contributed by atoms with Gasteiger partial charge in [-0.2, -0.15) is 0 Å². The predicted molar refractivity (Wildman–Crippen MR) is 79.2 cm³/mol. The predicted octanol–water partition coefficient (Wildman–Crippen LogP) is 1.99. The molecule has 2 N–H and O–H groups in total. The van der Waals surface area contributed by atoms with E-state index < -0.39 is 0 Å². The first-order chi connectivity index (χ1) is 9.84. The molecule has 1 saturated heterocycles. The molecule has 1 fully saturated rings. The molecule has 4 nitrogen and oxygen atoms in total. The summed E-state index contributed by atoms with van der Waals surface area (Å²) in [6.07, 6.45) is 5.01. The SMILES string of the molecule is O=C(NCc1cccc2cccnc12)C1CCCCN1. The summed E-state index contributed by atoms with van der Waals surface area (Å²) in [4.78, 5) is 16.5. The summed E-state index contributed by atoms with van der Waals surface area (Å²) < 4.78 is 0. The number of fused-ring (bicyclic) bond motifs is 1. The third kappa shape index (κ3) is 2.80. The number of nitrogens with one attached hydrogen (secondary N) is 2. The molecule has 1 aliphatic rings. The number of hydrogen-bond donors (Lipinski definition) is 2. The standard InChI is InChI=1S/C16H19N3O/c20-16(14-8-1-2-9-17-14)19-11-13-6-3-5-12-7-4-10-18-15(12)13/h3-7,10,14,17H,1-2,8-9,11H2,(H,19,20). The summed E-state index contributed by atoms with van der Waals surface area (Å²) in [7, 11) is 0. The van der Waals surface area contributed by atoms with Crippen molar-refractivity contribution >= 4 is 16.8 Å². The lowest BCUT2D eigenvalue weighted by atomic mass is 10.0. The molecule has 1 aliphatic heterocycles. The Kier molecular flexibility index (Phi) is 3.92. The Balaban J connectivity index is 1.69. The molecule has 104 valence electrons. The zero-order valence-electron chi connectivity index (χ0n) is 11.4. The molecule has 4 heteroatoms. The summed E-state index contributed by atoms with van der Waals surface area (Å²) in [5.74, 6) is 0.0950. The van der Waals surface area contributed by atoms with Crippen molar-refractivity contribution in [2.24, 2.45) is 0 Å². The van der Waals surface area contributed by atoms with Crippen molar-refractivity contribution in [2.45, 2.75) is 31.8 Å². The van der Waals surface area contributed by atoms with Crippen LogP contribution in [-0.4, -0.2) is 23.5 Å². The summed E-state index contributed by atoms with van der Waals surface area (Å²) in [5, 5.41) is 7.39. The van der Waals surface area contributed by atoms with E-state index in [1.165, 1.54) is 0 Å². The lowest BCUT2D eigenvalue weighted by molar-refractivity contribution is -0.123. The highest BCUT2D eigenvalue weighted by atomic mass is 16.2. The Labute approximate surface area is 118 Å². The number of benzene rings is 1. The fourth-order valence-corrected chi connectivity index (χ4v) is 2.69. The molecule has 3 rings (SSSR count).